The molecule has 1 amide bonds. The van der Waals surface area contributed by atoms with Crippen LogP contribution in [0.2, 0.25) is 0 Å². The minimum Gasteiger partial charge on any atom is -0.484 e. The smallest absolute Gasteiger partial charge is 0.422 e. The van der Waals surface area contributed by atoms with E-state index in [9.17, 15) is 37.6 Å². The zero-order valence-electron chi connectivity index (χ0n) is 14.1. The summed E-state index contributed by atoms with van der Waals surface area (Å²) in [5.41, 5.74) is -0.887. The number of halogens is 4. The Morgan fingerprint density at radius 3 is 2.43 bits per heavy atom. The molecular weight excluding hydrogens is 388 g/mol. The van der Waals surface area contributed by atoms with E-state index in [2.05, 4.69) is 10.1 Å². The molecule has 1 atom stereocenters. The molecule has 0 heterocycles. The Balaban J connectivity index is 2.13. The highest BCUT2D eigenvalue weighted by atomic mass is 19.4. The molecule has 28 heavy (non-hydrogen) atoms. The zero-order valence-corrected chi connectivity index (χ0v) is 14.1. The molecule has 2 aromatic rings. The largest absolute Gasteiger partial charge is 0.484 e. The fraction of sp³-hybridized carbons (Fsp3) is 0.235. The van der Waals surface area contributed by atoms with Crippen LogP contribution in [-0.4, -0.2) is 35.3 Å². The third-order valence-corrected chi connectivity index (χ3v) is 3.52. The highest BCUT2D eigenvalue weighted by molar-refractivity contribution is 5.98. The molecule has 0 aliphatic heterocycles. The van der Waals surface area contributed by atoms with Gasteiger partial charge in [-0.15, -0.1) is 0 Å². The van der Waals surface area contributed by atoms with Crippen molar-refractivity contribution in [3.63, 3.8) is 0 Å². The second-order valence-corrected chi connectivity index (χ2v) is 5.62. The molecule has 7 nitrogen and oxygen atoms in total. The molecule has 0 fully saturated rings. The van der Waals surface area contributed by atoms with E-state index in [1.807, 2.05) is 0 Å². The van der Waals surface area contributed by atoms with Crippen molar-refractivity contribution in [1.82, 2.24) is 5.32 Å². The molecule has 1 unspecified atom stereocenters. The molecule has 2 rings (SSSR count). The van der Waals surface area contributed by atoms with E-state index < -0.39 is 46.8 Å². The van der Waals surface area contributed by atoms with Crippen LogP contribution in [0.4, 0.5) is 23.2 Å². The third kappa shape index (κ3) is 5.91. The molecular formula is C17H14F4N2O5. The Bertz CT molecular complexity index is 856. The Morgan fingerprint density at radius 2 is 1.86 bits per heavy atom. The lowest BCUT2D eigenvalue weighted by Crippen LogP contribution is -2.29. The van der Waals surface area contributed by atoms with E-state index in [4.69, 9.17) is 0 Å². The minimum absolute atomic E-state index is 0.290. The van der Waals surface area contributed by atoms with Gasteiger partial charge in [-0.3, -0.25) is 14.9 Å². The van der Waals surface area contributed by atoms with Crippen molar-refractivity contribution in [1.29, 1.82) is 0 Å². The predicted octanol–water partition coefficient (Wildman–Crippen LogP) is 3.14. The molecule has 0 aliphatic rings. The topological polar surface area (TPSA) is 102 Å². The summed E-state index contributed by atoms with van der Waals surface area (Å²) in [6.07, 6.45) is -5.85. The summed E-state index contributed by atoms with van der Waals surface area (Å²) in [5.74, 6) is -1.90. The summed E-state index contributed by atoms with van der Waals surface area (Å²) >= 11 is 0. The van der Waals surface area contributed by atoms with Crippen LogP contribution in [0.15, 0.2) is 42.5 Å². The average Bonchev–Trinajstić information content (AvgIpc) is 2.63. The number of amides is 1. The molecule has 0 saturated heterocycles. The lowest BCUT2D eigenvalue weighted by molar-refractivity contribution is -0.385. The van der Waals surface area contributed by atoms with Crippen LogP contribution in [0, 0.1) is 15.9 Å². The first-order chi connectivity index (χ1) is 13.1. The lowest BCUT2D eigenvalue weighted by Gasteiger charge is -2.13. The van der Waals surface area contributed by atoms with Gasteiger partial charge in [0.1, 0.15) is 17.1 Å². The van der Waals surface area contributed by atoms with Gasteiger partial charge in [-0.25, -0.2) is 4.39 Å². The maximum absolute atomic E-state index is 12.9. The molecule has 2 N–H and O–H groups in total. The first kappa shape index (κ1) is 21.1. The van der Waals surface area contributed by atoms with E-state index in [1.54, 1.807) is 0 Å². The number of hydrogen-bond donors (Lipinski definition) is 2. The van der Waals surface area contributed by atoms with Gasteiger partial charge >= 0.3 is 6.18 Å². The van der Waals surface area contributed by atoms with E-state index in [-0.39, 0.29) is 12.3 Å². The molecule has 150 valence electrons. The first-order valence-corrected chi connectivity index (χ1v) is 7.76. The number of rotatable bonds is 7. The highest BCUT2D eigenvalue weighted by Crippen LogP contribution is 2.26. The van der Waals surface area contributed by atoms with E-state index in [1.165, 1.54) is 12.1 Å². The Labute approximate surface area is 155 Å². The number of aliphatic hydroxyl groups excluding tert-OH is 1. The maximum atomic E-state index is 12.9. The summed E-state index contributed by atoms with van der Waals surface area (Å²) in [6, 6.07) is 7.38. The van der Waals surface area contributed by atoms with Gasteiger partial charge in [-0.1, -0.05) is 12.1 Å². The Kier molecular flexibility index (Phi) is 6.52. The Morgan fingerprint density at radius 1 is 1.21 bits per heavy atom. The lowest BCUT2D eigenvalue weighted by atomic mass is 10.1. The number of nitro groups is 1. The van der Waals surface area contributed by atoms with Crippen molar-refractivity contribution in [2.24, 2.45) is 0 Å². The summed E-state index contributed by atoms with van der Waals surface area (Å²) in [5, 5.41) is 23.3. The minimum atomic E-state index is -4.62. The summed E-state index contributed by atoms with van der Waals surface area (Å²) in [6.45, 7) is -2.00. The predicted molar refractivity (Wildman–Crippen MR) is 88.3 cm³/mol. The van der Waals surface area contributed by atoms with Crippen molar-refractivity contribution in [2.45, 2.75) is 12.3 Å². The standard InChI is InChI=1S/C17H14F4N2O5/c18-11-3-1-10(2-4-11)15(24)8-22-16(25)13-7-12(28-9-17(19,20)21)5-6-14(13)23(26)27/h1-7,15,24H,8-9H2,(H,22,25). The second kappa shape index (κ2) is 8.65. The van der Waals surface area contributed by atoms with Crippen LogP contribution in [0.3, 0.4) is 0 Å². The first-order valence-electron chi connectivity index (χ1n) is 7.76. The highest BCUT2D eigenvalue weighted by Gasteiger charge is 2.29. The average molecular weight is 402 g/mol. The quantitative estimate of drug-likeness (QED) is 0.421. The molecule has 0 saturated carbocycles. The molecule has 0 radical (unpaired) electrons. The van der Waals surface area contributed by atoms with Gasteiger partial charge in [0.15, 0.2) is 6.61 Å². The number of alkyl halides is 3. The van der Waals surface area contributed by atoms with Crippen molar-refractivity contribution in [3.05, 3.63) is 69.5 Å². The summed E-state index contributed by atoms with van der Waals surface area (Å²) in [4.78, 5) is 22.4. The monoisotopic (exact) mass is 402 g/mol. The van der Waals surface area contributed by atoms with Gasteiger partial charge in [0, 0.05) is 12.6 Å². The zero-order chi connectivity index (χ0) is 20.9. The molecule has 11 heteroatoms. The molecule has 0 spiro atoms. The van der Waals surface area contributed by atoms with Crippen LogP contribution < -0.4 is 10.1 Å². The number of nitrogens with one attached hydrogen (secondary N) is 1. The molecule has 0 aromatic heterocycles. The molecule has 2 aromatic carbocycles. The summed E-state index contributed by atoms with van der Waals surface area (Å²) in [7, 11) is 0. The number of carbonyl (C=O) groups is 1. The number of carbonyl (C=O) groups excluding carboxylic acids is 1. The van der Waals surface area contributed by atoms with Gasteiger partial charge in [0.25, 0.3) is 11.6 Å². The van der Waals surface area contributed by atoms with Gasteiger partial charge in [-0.05, 0) is 29.8 Å². The number of nitro benzene ring substituents is 1. The molecule has 0 aliphatic carbocycles. The molecule has 0 bridgehead atoms. The van der Waals surface area contributed by atoms with Gasteiger partial charge in [0.05, 0.1) is 11.0 Å². The van der Waals surface area contributed by atoms with Crippen LogP contribution in [0.25, 0.3) is 0 Å². The fourth-order valence-corrected chi connectivity index (χ4v) is 2.20. The summed E-state index contributed by atoms with van der Waals surface area (Å²) < 4.78 is 54.1. The number of hydrogen-bond acceptors (Lipinski definition) is 5. The van der Waals surface area contributed by atoms with Crippen molar-refractivity contribution in [3.8, 4) is 5.75 Å². The van der Waals surface area contributed by atoms with Crippen molar-refractivity contribution in [2.75, 3.05) is 13.2 Å². The van der Waals surface area contributed by atoms with Crippen LogP contribution in [0.1, 0.15) is 22.0 Å². The van der Waals surface area contributed by atoms with Crippen LogP contribution in [0.5, 0.6) is 5.75 Å². The third-order valence-electron chi connectivity index (χ3n) is 3.52. The van der Waals surface area contributed by atoms with Gasteiger partial charge < -0.3 is 15.2 Å². The Hall–Kier alpha value is -3.21. The second-order valence-electron chi connectivity index (χ2n) is 5.62. The van der Waals surface area contributed by atoms with Crippen molar-refractivity contribution < 1.29 is 37.1 Å². The van der Waals surface area contributed by atoms with E-state index in [0.29, 0.717) is 5.56 Å². The number of nitrogens with zero attached hydrogens (tertiary/aromatic N) is 1. The normalized spacial score (nSPS) is 12.3. The van der Waals surface area contributed by atoms with Crippen molar-refractivity contribution >= 4 is 11.6 Å². The van der Waals surface area contributed by atoms with E-state index >= 15 is 0 Å². The number of benzene rings is 2. The van der Waals surface area contributed by atoms with Crippen LogP contribution >= 0.6 is 0 Å². The number of aliphatic hydroxyl groups is 1. The maximum Gasteiger partial charge on any atom is 0.422 e. The fourth-order valence-electron chi connectivity index (χ4n) is 2.20. The van der Waals surface area contributed by atoms with Crippen LogP contribution in [-0.2, 0) is 0 Å². The van der Waals surface area contributed by atoms with E-state index in [0.717, 1.165) is 30.3 Å². The van der Waals surface area contributed by atoms with Gasteiger partial charge in [0.2, 0.25) is 0 Å². The SMILES string of the molecule is O=C(NCC(O)c1ccc(F)cc1)c1cc(OCC(F)(F)F)ccc1[N+](=O)[O-]. The van der Waals surface area contributed by atoms with Gasteiger partial charge in [-0.2, -0.15) is 13.2 Å². The number of ether oxygens (including phenoxy) is 1.